The number of sulfonamides is 1. The molecule has 7 nitrogen and oxygen atoms in total. The van der Waals surface area contributed by atoms with Gasteiger partial charge in [0.15, 0.2) is 0 Å². The number of amides is 2. The molecule has 0 aliphatic carbocycles. The molecule has 0 saturated carbocycles. The number of hydrogen-bond acceptors (Lipinski definition) is 4. The molecule has 1 saturated heterocycles. The van der Waals surface area contributed by atoms with Crippen LogP contribution in [-0.2, 0) is 19.6 Å². The molecular weight excluding hydrogens is 413 g/mol. The van der Waals surface area contributed by atoms with Gasteiger partial charge in [0.2, 0.25) is 22.3 Å². The van der Waals surface area contributed by atoms with E-state index in [0.717, 1.165) is 17.0 Å². The number of carbonyl (C=O) groups excluding carboxylic acids is 2. The standard InChI is InChI=1S/C14H16Cl3N3O4S/c1-25(23,24)20(13-7-11(16)10(15)6-12(13)17)8-14(22)19-4-2-18(9-21)3-5-19/h6-7,9H,2-5,8H2,1H3. The zero-order chi connectivity index (χ0) is 18.8. The van der Waals surface area contributed by atoms with E-state index in [9.17, 15) is 18.0 Å². The Morgan fingerprint density at radius 2 is 1.68 bits per heavy atom. The lowest BCUT2D eigenvalue weighted by molar-refractivity contribution is -0.133. The quantitative estimate of drug-likeness (QED) is 0.528. The maximum atomic E-state index is 12.5. The fourth-order valence-corrected chi connectivity index (χ4v) is 3.93. The van der Waals surface area contributed by atoms with E-state index in [4.69, 9.17) is 34.8 Å². The fraction of sp³-hybridized carbons (Fsp3) is 0.429. The lowest BCUT2D eigenvalue weighted by Crippen LogP contribution is -2.51. The number of nitrogens with zero attached hydrogens (tertiary/aromatic N) is 3. The van der Waals surface area contributed by atoms with E-state index in [0.29, 0.717) is 26.2 Å². The van der Waals surface area contributed by atoms with Crippen LogP contribution in [0, 0.1) is 0 Å². The third-order valence-corrected chi connectivity index (χ3v) is 5.91. The first-order chi connectivity index (χ1) is 11.6. The van der Waals surface area contributed by atoms with E-state index in [1.54, 1.807) is 4.90 Å². The van der Waals surface area contributed by atoms with Crippen molar-refractivity contribution in [2.75, 3.05) is 43.3 Å². The second-order valence-corrected chi connectivity index (χ2v) is 8.64. The van der Waals surface area contributed by atoms with Crippen LogP contribution in [0.2, 0.25) is 15.1 Å². The van der Waals surface area contributed by atoms with Crippen LogP contribution in [-0.4, -0.2) is 69.5 Å². The zero-order valence-electron chi connectivity index (χ0n) is 13.3. The molecule has 0 unspecified atom stereocenters. The zero-order valence-corrected chi connectivity index (χ0v) is 16.4. The molecule has 0 atom stereocenters. The third-order valence-electron chi connectivity index (χ3n) is 3.75. The summed E-state index contributed by atoms with van der Waals surface area (Å²) in [5, 5.41) is 0.375. The number of carbonyl (C=O) groups is 2. The number of anilines is 1. The predicted octanol–water partition coefficient (Wildman–Crippen LogP) is 1.71. The van der Waals surface area contributed by atoms with E-state index < -0.39 is 22.5 Å². The first-order valence-electron chi connectivity index (χ1n) is 7.23. The van der Waals surface area contributed by atoms with Gasteiger partial charge in [-0.15, -0.1) is 0 Å². The van der Waals surface area contributed by atoms with Gasteiger partial charge in [0, 0.05) is 26.2 Å². The average Bonchev–Trinajstić information content (AvgIpc) is 2.55. The number of rotatable bonds is 5. The molecule has 0 spiro atoms. The van der Waals surface area contributed by atoms with Gasteiger partial charge in [-0.25, -0.2) is 8.42 Å². The predicted molar refractivity (Wildman–Crippen MR) is 97.9 cm³/mol. The van der Waals surface area contributed by atoms with Crippen molar-refractivity contribution >= 4 is 62.8 Å². The van der Waals surface area contributed by atoms with Gasteiger partial charge in [-0.05, 0) is 12.1 Å². The van der Waals surface area contributed by atoms with E-state index >= 15 is 0 Å². The van der Waals surface area contributed by atoms with Gasteiger partial charge >= 0.3 is 0 Å². The summed E-state index contributed by atoms with van der Waals surface area (Å²) in [6, 6.07) is 2.64. The molecule has 138 valence electrons. The van der Waals surface area contributed by atoms with Gasteiger partial charge in [-0.1, -0.05) is 34.8 Å². The topological polar surface area (TPSA) is 78.0 Å². The summed E-state index contributed by atoms with van der Waals surface area (Å²) in [4.78, 5) is 26.3. The van der Waals surface area contributed by atoms with E-state index in [2.05, 4.69) is 0 Å². The minimum Gasteiger partial charge on any atom is -0.342 e. The second-order valence-electron chi connectivity index (χ2n) is 5.51. The Morgan fingerprint density at radius 1 is 1.12 bits per heavy atom. The van der Waals surface area contributed by atoms with Gasteiger partial charge in [0.05, 0.1) is 27.0 Å². The Balaban J connectivity index is 2.24. The summed E-state index contributed by atoms with van der Waals surface area (Å²) in [6.07, 6.45) is 1.70. The first-order valence-corrected chi connectivity index (χ1v) is 10.2. The van der Waals surface area contributed by atoms with Crippen LogP contribution < -0.4 is 4.31 Å². The molecule has 2 rings (SSSR count). The van der Waals surface area contributed by atoms with Crippen LogP contribution in [0.15, 0.2) is 12.1 Å². The molecule has 1 aliphatic rings. The lowest BCUT2D eigenvalue weighted by Gasteiger charge is -2.34. The lowest BCUT2D eigenvalue weighted by atomic mass is 10.3. The molecule has 2 amide bonds. The molecule has 1 aromatic rings. The Labute approximate surface area is 161 Å². The van der Waals surface area contributed by atoms with Crippen molar-refractivity contribution in [3.8, 4) is 0 Å². The third kappa shape index (κ3) is 4.91. The Kier molecular flexibility index (Phi) is 6.42. The van der Waals surface area contributed by atoms with Crippen molar-refractivity contribution < 1.29 is 18.0 Å². The summed E-state index contributed by atoms with van der Waals surface area (Å²) in [5.41, 5.74) is 0.0819. The minimum absolute atomic E-state index is 0.0680. The van der Waals surface area contributed by atoms with Crippen LogP contribution in [0.3, 0.4) is 0 Å². The van der Waals surface area contributed by atoms with Gasteiger partial charge in [-0.3, -0.25) is 13.9 Å². The molecule has 11 heteroatoms. The van der Waals surface area contributed by atoms with Crippen molar-refractivity contribution in [3.05, 3.63) is 27.2 Å². The van der Waals surface area contributed by atoms with Gasteiger partial charge < -0.3 is 9.80 Å². The Morgan fingerprint density at radius 3 is 2.20 bits per heavy atom. The monoisotopic (exact) mass is 427 g/mol. The largest absolute Gasteiger partial charge is 0.342 e. The van der Waals surface area contributed by atoms with Crippen molar-refractivity contribution in [2.24, 2.45) is 0 Å². The van der Waals surface area contributed by atoms with E-state index in [-0.39, 0.29) is 20.8 Å². The van der Waals surface area contributed by atoms with Gasteiger partial charge in [-0.2, -0.15) is 0 Å². The minimum atomic E-state index is -3.79. The number of halogens is 3. The highest BCUT2D eigenvalue weighted by molar-refractivity contribution is 7.92. The van der Waals surface area contributed by atoms with Gasteiger partial charge in [0.1, 0.15) is 6.54 Å². The summed E-state index contributed by atoms with van der Waals surface area (Å²) >= 11 is 17.9. The molecule has 1 heterocycles. The molecule has 0 aromatic heterocycles. The SMILES string of the molecule is CS(=O)(=O)N(CC(=O)N1CCN(C=O)CC1)c1cc(Cl)c(Cl)cc1Cl. The Hall–Kier alpha value is -1.22. The molecular formula is C14H16Cl3N3O4S. The number of benzene rings is 1. The highest BCUT2D eigenvalue weighted by Crippen LogP contribution is 2.35. The summed E-state index contributed by atoms with van der Waals surface area (Å²) < 4.78 is 25.2. The smallest absolute Gasteiger partial charge is 0.243 e. The molecule has 0 N–H and O–H groups in total. The first kappa shape index (κ1) is 20.1. The van der Waals surface area contributed by atoms with E-state index in [1.165, 1.54) is 17.0 Å². The summed E-state index contributed by atoms with van der Waals surface area (Å²) in [5.74, 6) is -0.391. The van der Waals surface area contributed by atoms with Crippen molar-refractivity contribution in [1.82, 2.24) is 9.80 Å². The van der Waals surface area contributed by atoms with Crippen LogP contribution in [0.4, 0.5) is 5.69 Å². The maximum absolute atomic E-state index is 12.5. The number of piperazine rings is 1. The molecule has 1 aromatic carbocycles. The molecule has 1 fully saturated rings. The van der Waals surface area contributed by atoms with E-state index in [1.807, 2.05) is 0 Å². The second kappa shape index (κ2) is 7.99. The molecule has 25 heavy (non-hydrogen) atoms. The number of hydrogen-bond donors (Lipinski definition) is 0. The molecule has 0 bridgehead atoms. The summed E-state index contributed by atoms with van der Waals surface area (Å²) in [7, 11) is -3.79. The average molecular weight is 429 g/mol. The maximum Gasteiger partial charge on any atom is 0.243 e. The highest BCUT2D eigenvalue weighted by atomic mass is 35.5. The normalized spacial score (nSPS) is 15.2. The van der Waals surface area contributed by atoms with Gasteiger partial charge in [0.25, 0.3) is 0 Å². The van der Waals surface area contributed by atoms with Crippen molar-refractivity contribution in [3.63, 3.8) is 0 Å². The Bertz CT molecular complexity index is 780. The van der Waals surface area contributed by atoms with Crippen LogP contribution in [0.5, 0.6) is 0 Å². The van der Waals surface area contributed by atoms with Crippen LogP contribution in [0.1, 0.15) is 0 Å². The van der Waals surface area contributed by atoms with Crippen molar-refractivity contribution in [1.29, 1.82) is 0 Å². The fourth-order valence-electron chi connectivity index (χ4n) is 2.38. The summed E-state index contributed by atoms with van der Waals surface area (Å²) in [6.45, 7) is 1.06. The highest BCUT2D eigenvalue weighted by Gasteiger charge is 2.28. The molecule has 0 radical (unpaired) electrons. The van der Waals surface area contributed by atoms with Crippen molar-refractivity contribution in [2.45, 2.75) is 0 Å². The molecule has 1 aliphatic heterocycles. The van der Waals surface area contributed by atoms with Crippen LogP contribution in [0.25, 0.3) is 0 Å². The van der Waals surface area contributed by atoms with Crippen LogP contribution >= 0.6 is 34.8 Å².